The molecule has 0 bridgehead atoms. The summed E-state index contributed by atoms with van der Waals surface area (Å²) in [6, 6.07) is 0. The summed E-state index contributed by atoms with van der Waals surface area (Å²) < 4.78 is 0. The molecule has 0 saturated carbocycles. The third-order valence-electron chi connectivity index (χ3n) is 2.89. The molecule has 0 aromatic rings. The molecule has 2 atom stereocenters. The number of thioether (sulfide) groups is 1. The predicted molar refractivity (Wildman–Crippen MR) is 70.6 cm³/mol. The Balaban J connectivity index is 2.10. The summed E-state index contributed by atoms with van der Waals surface area (Å²) in [6.07, 6.45) is 2.61. The summed E-state index contributed by atoms with van der Waals surface area (Å²) in [7, 11) is 0. The highest BCUT2D eigenvalue weighted by atomic mass is 32.2. The molecule has 1 aliphatic rings. The lowest BCUT2D eigenvalue weighted by atomic mass is 10.0. The van der Waals surface area contributed by atoms with Crippen LogP contribution in [0.1, 0.15) is 26.7 Å². The van der Waals surface area contributed by atoms with Gasteiger partial charge in [-0.15, -0.1) is 0 Å². The van der Waals surface area contributed by atoms with Crippen LogP contribution in [0.4, 0.5) is 0 Å². The van der Waals surface area contributed by atoms with E-state index >= 15 is 0 Å². The highest BCUT2D eigenvalue weighted by Gasteiger charge is 2.16. The second-order valence-electron chi connectivity index (χ2n) is 4.39. The maximum absolute atomic E-state index is 4.28. The molecule has 1 nitrogen and oxygen atoms in total. The minimum atomic E-state index is 0.837. The molecule has 0 spiro atoms. The Kier molecular flexibility index (Phi) is 6.38. The van der Waals surface area contributed by atoms with Crippen molar-refractivity contribution in [3.05, 3.63) is 0 Å². The Labute approximate surface area is 98.4 Å². The van der Waals surface area contributed by atoms with Gasteiger partial charge in [0.25, 0.3) is 0 Å². The van der Waals surface area contributed by atoms with Crippen LogP contribution >= 0.6 is 24.4 Å². The minimum Gasteiger partial charge on any atom is -0.301 e. The lowest BCUT2D eigenvalue weighted by Crippen LogP contribution is -2.37. The zero-order chi connectivity index (χ0) is 10.4. The maximum atomic E-state index is 4.28. The Morgan fingerprint density at radius 3 is 2.93 bits per heavy atom. The Bertz CT molecular complexity index is 152. The predicted octanol–water partition coefficient (Wildman–Crippen LogP) is 2.77. The van der Waals surface area contributed by atoms with Gasteiger partial charge in [-0.3, -0.25) is 0 Å². The van der Waals surface area contributed by atoms with Crippen LogP contribution in [0.2, 0.25) is 0 Å². The molecule has 0 aromatic carbocycles. The zero-order valence-corrected chi connectivity index (χ0v) is 11.1. The lowest BCUT2D eigenvalue weighted by molar-refractivity contribution is 0.264. The summed E-state index contributed by atoms with van der Waals surface area (Å²) in [5.41, 5.74) is 0. The fourth-order valence-electron chi connectivity index (χ4n) is 1.86. The first-order valence-electron chi connectivity index (χ1n) is 5.67. The molecule has 0 radical (unpaired) electrons. The average molecular weight is 233 g/mol. The Morgan fingerprint density at radius 2 is 2.29 bits per heavy atom. The normalized spacial score (nSPS) is 26.4. The Hall–Kier alpha value is 0.660. The molecule has 1 rings (SSSR count). The van der Waals surface area contributed by atoms with Crippen molar-refractivity contribution < 1.29 is 0 Å². The van der Waals surface area contributed by atoms with E-state index in [4.69, 9.17) is 0 Å². The summed E-state index contributed by atoms with van der Waals surface area (Å²) in [6.45, 7) is 8.56. The smallest absolute Gasteiger partial charge is 0.0147 e. The first-order valence-corrected chi connectivity index (χ1v) is 7.35. The fourth-order valence-corrected chi connectivity index (χ4v) is 3.38. The molecular weight excluding hydrogens is 210 g/mol. The second-order valence-corrected chi connectivity index (χ2v) is 6.38. The number of thiol groups is 1. The molecule has 3 heteroatoms. The number of rotatable bonds is 5. The molecule has 0 N–H and O–H groups in total. The van der Waals surface area contributed by atoms with E-state index < -0.39 is 0 Å². The van der Waals surface area contributed by atoms with Crippen molar-refractivity contribution in [1.29, 1.82) is 0 Å². The number of hydrogen-bond donors (Lipinski definition) is 1. The van der Waals surface area contributed by atoms with Gasteiger partial charge in [-0.2, -0.15) is 24.4 Å². The summed E-state index contributed by atoms with van der Waals surface area (Å²) in [5, 5.41) is 0.837. The maximum Gasteiger partial charge on any atom is 0.0147 e. The van der Waals surface area contributed by atoms with Crippen LogP contribution in [-0.4, -0.2) is 41.3 Å². The van der Waals surface area contributed by atoms with Gasteiger partial charge in [0, 0.05) is 24.1 Å². The molecule has 0 aromatic heterocycles. The van der Waals surface area contributed by atoms with Gasteiger partial charge in [-0.05, 0) is 31.1 Å². The lowest BCUT2D eigenvalue weighted by Gasteiger charge is -2.31. The molecular formula is C11H23NS2. The first kappa shape index (κ1) is 12.7. The zero-order valence-electron chi connectivity index (χ0n) is 9.41. The molecule has 14 heavy (non-hydrogen) atoms. The van der Waals surface area contributed by atoms with Crippen molar-refractivity contribution >= 4 is 24.4 Å². The largest absolute Gasteiger partial charge is 0.301 e. The van der Waals surface area contributed by atoms with Gasteiger partial charge >= 0.3 is 0 Å². The molecule has 84 valence electrons. The minimum absolute atomic E-state index is 0.837. The van der Waals surface area contributed by atoms with Gasteiger partial charge in [0.15, 0.2) is 0 Å². The van der Waals surface area contributed by atoms with Crippen LogP contribution < -0.4 is 0 Å². The van der Waals surface area contributed by atoms with Crippen molar-refractivity contribution in [1.82, 2.24) is 4.90 Å². The van der Waals surface area contributed by atoms with Gasteiger partial charge in [0.1, 0.15) is 0 Å². The van der Waals surface area contributed by atoms with Crippen molar-refractivity contribution in [2.75, 3.05) is 31.1 Å². The van der Waals surface area contributed by atoms with E-state index in [-0.39, 0.29) is 0 Å². The van der Waals surface area contributed by atoms with Crippen molar-refractivity contribution in [3.63, 3.8) is 0 Å². The summed E-state index contributed by atoms with van der Waals surface area (Å²) in [5.74, 6) is 3.20. The van der Waals surface area contributed by atoms with Gasteiger partial charge in [-0.1, -0.05) is 13.8 Å². The third kappa shape index (κ3) is 4.94. The highest BCUT2D eigenvalue weighted by molar-refractivity contribution is 7.99. The van der Waals surface area contributed by atoms with Crippen LogP contribution in [0.3, 0.4) is 0 Å². The number of nitrogens with zero attached hydrogens (tertiary/aromatic N) is 1. The van der Waals surface area contributed by atoms with Gasteiger partial charge in [0.05, 0.1) is 0 Å². The van der Waals surface area contributed by atoms with Crippen LogP contribution in [0.25, 0.3) is 0 Å². The molecule has 1 heterocycles. The van der Waals surface area contributed by atoms with E-state index in [9.17, 15) is 0 Å². The standard InChI is InChI=1S/C11H23NS2/c1-10(4-7-13)3-5-12-6-8-14-11(2)9-12/h10-11,13H,3-9H2,1-2H3. The van der Waals surface area contributed by atoms with Gasteiger partial charge < -0.3 is 4.90 Å². The van der Waals surface area contributed by atoms with E-state index in [1.165, 1.54) is 38.2 Å². The molecule has 2 unspecified atom stereocenters. The monoisotopic (exact) mass is 233 g/mol. The molecule has 1 fully saturated rings. The third-order valence-corrected chi connectivity index (χ3v) is 4.28. The highest BCUT2D eigenvalue weighted by Crippen LogP contribution is 2.19. The fraction of sp³-hybridized carbons (Fsp3) is 1.00. The van der Waals surface area contributed by atoms with Crippen LogP contribution in [0.5, 0.6) is 0 Å². The van der Waals surface area contributed by atoms with E-state index in [0.29, 0.717) is 0 Å². The van der Waals surface area contributed by atoms with E-state index in [0.717, 1.165) is 16.9 Å². The van der Waals surface area contributed by atoms with Crippen molar-refractivity contribution in [3.8, 4) is 0 Å². The van der Waals surface area contributed by atoms with Gasteiger partial charge in [-0.25, -0.2) is 0 Å². The van der Waals surface area contributed by atoms with Crippen LogP contribution in [-0.2, 0) is 0 Å². The number of hydrogen-bond acceptors (Lipinski definition) is 3. The topological polar surface area (TPSA) is 3.24 Å². The first-order chi connectivity index (χ1) is 6.72. The summed E-state index contributed by atoms with van der Waals surface area (Å²) in [4.78, 5) is 2.62. The average Bonchev–Trinajstić information content (AvgIpc) is 2.15. The SMILES string of the molecule is CC(CCS)CCN1CCSC(C)C1. The van der Waals surface area contributed by atoms with Crippen LogP contribution in [0, 0.1) is 5.92 Å². The Morgan fingerprint density at radius 1 is 1.50 bits per heavy atom. The van der Waals surface area contributed by atoms with Crippen LogP contribution in [0.15, 0.2) is 0 Å². The summed E-state index contributed by atoms with van der Waals surface area (Å²) >= 11 is 6.39. The van der Waals surface area contributed by atoms with Crippen molar-refractivity contribution in [2.45, 2.75) is 31.9 Å². The van der Waals surface area contributed by atoms with Crippen molar-refractivity contribution in [2.24, 2.45) is 5.92 Å². The second kappa shape index (κ2) is 7.02. The van der Waals surface area contributed by atoms with E-state index in [2.05, 4.69) is 43.1 Å². The molecule has 1 aliphatic heterocycles. The van der Waals surface area contributed by atoms with E-state index in [1.54, 1.807) is 0 Å². The molecule has 0 aliphatic carbocycles. The van der Waals surface area contributed by atoms with E-state index in [1.807, 2.05) is 0 Å². The molecule has 0 amide bonds. The molecule has 1 saturated heterocycles. The van der Waals surface area contributed by atoms with Gasteiger partial charge in [0.2, 0.25) is 0 Å². The quantitative estimate of drug-likeness (QED) is 0.727.